The predicted molar refractivity (Wildman–Crippen MR) is 96.8 cm³/mol. The van der Waals surface area contributed by atoms with E-state index in [9.17, 15) is 4.79 Å². The first-order valence-electron chi connectivity index (χ1n) is 8.49. The van der Waals surface area contributed by atoms with Crippen molar-refractivity contribution in [3.05, 3.63) is 0 Å². The number of esters is 1. The summed E-state index contributed by atoms with van der Waals surface area (Å²) in [6.07, 6.45) is 1.02. The van der Waals surface area contributed by atoms with Gasteiger partial charge in [-0.1, -0.05) is 0 Å². The molecule has 0 rings (SSSR count). The van der Waals surface area contributed by atoms with Crippen LogP contribution in [0.15, 0.2) is 4.99 Å². The van der Waals surface area contributed by atoms with Crippen molar-refractivity contribution < 1.29 is 9.53 Å². The summed E-state index contributed by atoms with van der Waals surface area (Å²) < 4.78 is 5.25. The number of guanidine groups is 1. The molecule has 6 nitrogen and oxygen atoms in total. The Morgan fingerprint density at radius 1 is 1.13 bits per heavy atom. The lowest BCUT2D eigenvalue weighted by Crippen LogP contribution is -2.43. The molecule has 0 fully saturated rings. The maximum Gasteiger partial charge on any atom is 0.325 e. The van der Waals surface area contributed by atoms with E-state index >= 15 is 0 Å². The Morgan fingerprint density at radius 2 is 1.70 bits per heavy atom. The third-order valence-electron chi connectivity index (χ3n) is 3.26. The molecule has 0 aromatic carbocycles. The van der Waals surface area contributed by atoms with Crippen molar-refractivity contribution in [2.24, 2.45) is 4.99 Å². The maximum absolute atomic E-state index is 11.7. The lowest BCUT2D eigenvalue weighted by molar-refractivity contribution is -0.153. The Hall–Kier alpha value is -1.30. The molecule has 0 aromatic rings. The largest absolute Gasteiger partial charge is 0.459 e. The molecule has 0 amide bonds. The summed E-state index contributed by atoms with van der Waals surface area (Å²) in [4.78, 5) is 18.2. The van der Waals surface area contributed by atoms with Gasteiger partial charge >= 0.3 is 5.97 Å². The van der Waals surface area contributed by atoms with Crippen molar-refractivity contribution in [1.29, 1.82) is 0 Å². The number of rotatable bonds is 8. The molecule has 23 heavy (non-hydrogen) atoms. The number of carbonyl (C=O) groups excluding carboxylic acids is 1. The van der Waals surface area contributed by atoms with Crippen LogP contribution in [0.2, 0.25) is 0 Å². The molecular weight excluding hydrogens is 292 g/mol. The highest BCUT2D eigenvalue weighted by atomic mass is 16.6. The minimum Gasteiger partial charge on any atom is -0.459 e. The first kappa shape index (κ1) is 21.7. The molecule has 0 bridgehead atoms. The topological polar surface area (TPSA) is 66.0 Å². The van der Waals surface area contributed by atoms with Crippen molar-refractivity contribution in [2.75, 3.05) is 26.7 Å². The summed E-state index contributed by atoms with van der Waals surface area (Å²) in [5, 5.41) is 6.20. The fourth-order valence-corrected chi connectivity index (χ4v) is 2.34. The SMILES string of the molecule is CN=C(NCCCN(C(C)C)C(C)C)NCC(=O)OC(C)(C)C. The third kappa shape index (κ3) is 11.0. The molecule has 0 unspecified atom stereocenters. The Morgan fingerprint density at radius 3 is 2.13 bits per heavy atom. The van der Waals surface area contributed by atoms with Crippen molar-refractivity contribution in [3.63, 3.8) is 0 Å². The van der Waals surface area contributed by atoms with Crippen LogP contribution in [0.5, 0.6) is 0 Å². The normalized spacial score (nSPS) is 12.9. The van der Waals surface area contributed by atoms with Gasteiger partial charge in [-0.2, -0.15) is 0 Å². The Balaban J connectivity index is 4.06. The highest BCUT2D eigenvalue weighted by Crippen LogP contribution is 2.06. The zero-order chi connectivity index (χ0) is 18.0. The molecule has 0 aliphatic rings. The van der Waals surface area contributed by atoms with E-state index in [-0.39, 0.29) is 12.5 Å². The van der Waals surface area contributed by atoms with Gasteiger partial charge in [0, 0.05) is 32.2 Å². The van der Waals surface area contributed by atoms with Crippen molar-refractivity contribution in [1.82, 2.24) is 15.5 Å². The van der Waals surface area contributed by atoms with Crippen LogP contribution in [-0.4, -0.2) is 61.2 Å². The molecule has 136 valence electrons. The Bertz CT molecular complexity index is 365. The lowest BCUT2D eigenvalue weighted by Gasteiger charge is -2.30. The monoisotopic (exact) mass is 328 g/mol. The quantitative estimate of drug-likeness (QED) is 0.309. The van der Waals surface area contributed by atoms with Gasteiger partial charge in [-0.05, 0) is 54.9 Å². The lowest BCUT2D eigenvalue weighted by atomic mass is 10.2. The average molecular weight is 329 g/mol. The Kier molecular flexibility index (Phi) is 9.88. The van der Waals surface area contributed by atoms with Gasteiger partial charge in [-0.15, -0.1) is 0 Å². The van der Waals surface area contributed by atoms with Crippen LogP contribution in [0, 0.1) is 0 Å². The van der Waals surface area contributed by atoms with Crippen molar-refractivity contribution >= 4 is 11.9 Å². The predicted octanol–water partition coefficient (Wildman–Crippen LogP) is 2.00. The van der Waals surface area contributed by atoms with Crippen LogP contribution < -0.4 is 10.6 Å². The standard InChI is InChI=1S/C17H36N4O2/c1-13(2)21(14(3)4)11-9-10-19-16(18-8)20-12-15(22)23-17(5,6)7/h13-14H,9-12H2,1-8H3,(H2,18,19,20). The van der Waals surface area contributed by atoms with Crippen molar-refractivity contribution in [2.45, 2.75) is 72.6 Å². The number of hydrogen-bond donors (Lipinski definition) is 2. The number of nitrogens with zero attached hydrogens (tertiary/aromatic N) is 2. The van der Waals surface area contributed by atoms with Gasteiger partial charge in [0.1, 0.15) is 12.1 Å². The van der Waals surface area contributed by atoms with E-state index in [0.29, 0.717) is 18.0 Å². The van der Waals surface area contributed by atoms with Crippen LogP contribution in [0.25, 0.3) is 0 Å². The summed E-state index contributed by atoms with van der Waals surface area (Å²) in [6.45, 7) is 16.4. The molecule has 0 radical (unpaired) electrons. The zero-order valence-electron chi connectivity index (χ0n) is 16.2. The number of hydrogen-bond acceptors (Lipinski definition) is 4. The molecule has 0 spiro atoms. The van der Waals surface area contributed by atoms with E-state index in [4.69, 9.17) is 4.74 Å². The second-order valence-electron chi connectivity index (χ2n) is 7.22. The smallest absolute Gasteiger partial charge is 0.325 e. The summed E-state index contributed by atoms with van der Waals surface area (Å²) in [5.41, 5.74) is -0.465. The minimum atomic E-state index is -0.465. The molecule has 0 saturated heterocycles. The summed E-state index contributed by atoms with van der Waals surface area (Å²) in [5.74, 6) is 0.336. The van der Waals surface area contributed by atoms with Gasteiger partial charge in [0.05, 0.1) is 0 Å². The van der Waals surface area contributed by atoms with Crippen molar-refractivity contribution in [3.8, 4) is 0 Å². The van der Waals surface area contributed by atoms with E-state index in [2.05, 4.69) is 48.2 Å². The number of carbonyl (C=O) groups is 1. The third-order valence-corrected chi connectivity index (χ3v) is 3.26. The fraction of sp³-hybridized carbons (Fsp3) is 0.882. The molecular formula is C17H36N4O2. The van der Waals surface area contributed by atoms with Gasteiger partial charge in [-0.3, -0.25) is 14.7 Å². The van der Waals surface area contributed by atoms with E-state index in [1.165, 1.54) is 0 Å². The highest BCUT2D eigenvalue weighted by molar-refractivity contribution is 5.84. The zero-order valence-corrected chi connectivity index (χ0v) is 16.2. The molecule has 0 aliphatic heterocycles. The van der Waals surface area contributed by atoms with Gasteiger partial charge in [0.15, 0.2) is 5.96 Å². The first-order chi connectivity index (χ1) is 10.6. The van der Waals surface area contributed by atoms with Crippen LogP contribution in [-0.2, 0) is 9.53 Å². The summed E-state index contributed by atoms with van der Waals surface area (Å²) in [7, 11) is 1.69. The van der Waals surface area contributed by atoms with Crippen LogP contribution in [0.3, 0.4) is 0 Å². The molecule has 0 atom stereocenters. The number of nitrogens with one attached hydrogen (secondary N) is 2. The molecule has 2 N–H and O–H groups in total. The number of ether oxygens (including phenoxy) is 1. The van der Waals surface area contributed by atoms with Crippen LogP contribution in [0.1, 0.15) is 54.9 Å². The van der Waals surface area contributed by atoms with Crippen LogP contribution in [0.4, 0.5) is 0 Å². The van der Waals surface area contributed by atoms with Crippen LogP contribution >= 0.6 is 0 Å². The number of aliphatic imine (C=N–C) groups is 1. The van der Waals surface area contributed by atoms with Gasteiger partial charge < -0.3 is 15.4 Å². The summed E-state index contributed by atoms with van der Waals surface area (Å²) >= 11 is 0. The summed E-state index contributed by atoms with van der Waals surface area (Å²) in [6, 6.07) is 1.08. The highest BCUT2D eigenvalue weighted by Gasteiger charge is 2.16. The average Bonchev–Trinajstić information content (AvgIpc) is 2.38. The fourth-order valence-electron chi connectivity index (χ4n) is 2.34. The van der Waals surface area contributed by atoms with Gasteiger partial charge in [0.25, 0.3) is 0 Å². The maximum atomic E-state index is 11.7. The molecule has 0 heterocycles. The van der Waals surface area contributed by atoms with E-state index in [1.54, 1.807) is 7.05 Å². The molecule has 6 heteroatoms. The first-order valence-corrected chi connectivity index (χ1v) is 8.49. The van der Waals surface area contributed by atoms with E-state index < -0.39 is 5.60 Å². The molecule has 0 aliphatic carbocycles. The van der Waals surface area contributed by atoms with E-state index in [1.807, 2.05) is 20.8 Å². The van der Waals surface area contributed by atoms with E-state index in [0.717, 1.165) is 19.5 Å². The van der Waals surface area contributed by atoms with Gasteiger partial charge in [-0.25, -0.2) is 0 Å². The second kappa shape index (κ2) is 10.5. The Labute approximate surface area is 142 Å². The minimum absolute atomic E-state index is 0.112. The molecule has 0 aromatic heterocycles. The second-order valence-corrected chi connectivity index (χ2v) is 7.22. The van der Waals surface area contributed by atoms with Gasteiger partial charge in [0.2, 0.25) is 0 Å². The molecule has 0 saturated carbocycles.